The summed E-state index contributed by atoms with van der Waals surface area (Å²) in [7, 11) is -3.84. The first-order valence-corrected chi connectivity index (χ1v) is 11.3. The van der Waals surface area contributed by atoms with Crippen LogP contribution in [0, 0.1) is 6.92 Å². The Balaban J connectivity index is 2.26. The number of rotatable bonds is 7. The van der Waals surface area contributed by atoms with Crippen LogP contribution >= 0.6 is 11.6 Å². The summed E-state index contributed by atoms with van der Waals surface area (Å²) in [5.41, 5.74) is 3.37. The van der Waals surface area contributed by atoms with E-state index in [-0.39, 0.29) is 10.7 Å². The van der Waals surface area contributed by atoms with Crippen molar-refractivity contribution in [2.75, 3.05) is 4.83 Å². The summed E-state index contributed by atoms with van der Waals surface area (Å²) < 4.78 is 27.5. The van der Waals surface area contributed by atoms with Gasteiger partial charge in [0.2, 0.25) is 0 Å². The van der Waals surface area contributed by atoms with Crippen molar-refractivity contribution >= 4 is 27.4 Å². The molecule has 0 saturated heterocycles. The average Bonchev–Trinajstić information content (AvgIpc) is 2.99. The zero-order chi connectivity index (χ0) is 21.2. The van der Waals surface area contributed by atoms with E-state index in [0.717, 1.165) is 11.1 Å². The summed E-state index contributed by atoms with van der Waals surface area (Å²) in [6, 6.07) is 15.3. The maximum atomic E-state index is 13.0. The fourth-order valence-electron chi connectivity index (χ4n) is 3.44. The van der Waals surface area contributed by atoms with Crippen LogP contribution in [-0.2, 0) is 16.4 Å². The van der Waals surface area contributed by atoms with E-state index in [9.17, 15) is 13.2 Å². The third kappa shape index (κ3) is 4.09. The molecule has 29 heavy (non-hydrogen) atoms. The Morgan fingerprint density at radius 3 is 2.21 bits per heavy atom. The van der Waals surface area contributed by atoms with Crippen LogP contribution in [0.15, 0.2) is 59.5 Å². The Morgan fingerprint density at radius 2 is 1.66 bits per heavy atom. The van der Waals surface area contributed by atoms with Gasteiger partial charge in [-0.25, -0.2) is 9.51 Å². The lowest BCUT2D eigenvalue weighted by molar-refractivity contribution is 0.0986. The van der Waals surface area contributed by atoms with Gasteiger partial charge >= 0.3 is 0 Å². The highest BCUT2D eigenvalue weighted by Crippen LogP contribution is 2.33. The van der Waals surface area contributed by atoms with Gasteiger partial charge in [-0.05, 0) is 43.2 Å². The van der Waals surface area contributed by atoms with Crippen LogP contribution < -0.4 is 4.83 Å². The molecule has 0 radical (unpaired) electrons. The molecule has 0 aliphatic rings. The summed E-state index contributed by atoms with van der Waals surface area (Å²) in [6.45, 7) is 5.51. The number of halogens is 1. The van der Waals surface area contributed by atoms with Crippen molar-refractivity contribution in [2.45, 2.75) is 38.5 Å². The Labute approximate surface area is 176 Å². The van der Waals surface area contributed by atoms with Gasteiger partial charge in [-0.3, -0.25) is 4.79 Å². The van der Waals surface area contributed by atoms with Gasteiger partial charge in [-0.2, -0.15) is 8.42 Å². The molecule has 1 N–H and O–H groups in total. The van der Waals surface area contributed by atoms with Crippen molar-refractivity contribution in [3.63, 3.8) is 0 Å². The zero-order valence-corrected chi connectivity index (χ0v) is 18.1. The first-order chi connectivity index (χ1) is 13.8. The molecule has 2 aromatic carbocycles. The number of ketones is 1. The smallest absolute Gasteiger partial charge is 0.275 e. The molecule has 0 fully saturated rings. The van der Waals surface area contributed by atoms with E-state index in [2.05, 4.69) is 4.83 Å². The van der Waals surface area contributed by atoms with Crippen molar-refractivity contribution in [3.8, 4) is 11.3 Å². The lowest BCUT2D eigenvalue weighted by Crippen LogP contribution is -2.25. The number of carbonyl (C=O) groups excluding carboxylic acids is 1. The molecule has 1 aromatic heterocycles. The van der Waals surface area contributed by atoms with E-state index < -0.39 is 10.0 Å². The van der Waals surface area contributed by atoms with Crippen LogP contribution in [0.5, 0.6) is 0 Å². The predicted octanol–water partition coefficient (Wildman–Crippen LogP) is 5.20. The van der Waals surface area contributed by atoms with Crippen molar-refractivity contribution in [2.24, 2.45) is 0 Å². The molecule has 0 saturated carbocycles. The maximum absolute atomic E-state index is 13.0. The highest BCUT2D eigenvalue weighted by atomic mass is 35.5. The quantitative estimate of drug-likeness (QED) is 0.523. The molecule has 3 aromatic rings. The Hall–Kier alpha value is -2.57. The topological polar surface area (TPSA) is 68.2 Å². The molecular weight excluding hydrogens is 408 g/mol. The molecule has 5 nitrogen and oxygen atoms in total. The van der Waals surface area contributed by atoms with Gasteiger partial charge in [-0.15, -0.1) is 0 Å². The minimum atomic E-state index is -3.84. The van der Waals surface area contributed by atoms with Crippen LogP contribution in [0.4, 0.5) is 0 Å². The van der Waals surface area contributed by atoms with Gasteiger partial charge in [-0.1, -0.05) is 55.8 Å². The number of hydrogen-bond acceptors (Lipinski definition) is 3. The molecule has 7 heteroatoms. The van der Waals surface area contributed by atoms with Crippen molar-refractivity contribution in [3.05, 3.63) is 76.4 Å². The summed E-state index contributed by atoms with van der Waals surface area (Å²) in [6.07, 6.45) is 0.920. The van der Waals surface area contributed by atoms with Crippen LogP contribution in [-0.4, -0.2) is 18.9 Å². The van der Waals surface area contributed by atoms with Crippen molar-refractivity contribution in [1.29, 1.82) is 0 Å². The fraction of sp³-hybridized carbons (Fsp3) is 0.227. The molecule has 0 bridgehead atoms. The highest BCUT2D eigenvalue weighted by Gasteiger charge is 2.26. The van der Waals surface area contributed by atoms with Crippen molar-refractivity contribution in [1.82, 2.24) is 4.68 Å². The van der Waals surface area contributed by atoms with Gasteiger partial charge < -0.3 is 0 Å². The molecule has 0 atom stereocenters. The standard InChI is InChI=1S/C22H23ClN2O3S/c1-4-19-21(20(26)5-2)15(3)25(22(19)16-11-13-17(23)14-12-16)24-29(27,28)18-9-7-6-8-10-18/h6-14,24H,4-5H2,1-3H3. The molecule has 3 rings (SSSR count). The molecule has 1 heterocycles. The van der Waals surface area contributed by atoms with Crippen molar-refractivity contribution < 1.29 is 13.2 Å². The number of nitrogens with one attached hydrogen (secondary N) is 1. The number of sulfonamides is 1. The molecule has 0 amide bonds. The van der Waals surface area contributed by atoms with E-state index in [0.29, 0.717) is 34.8 Å². The summed E-state index contributed by atoms with van der Waals surface area (Å²) in [4.78, 5) is 15.5. The Morgan fingerprint density at radius 1 is 1.03 bits per heavy atom. The molecular formula is C22H23ClN2O3S. The normalized spacial score (nSPS) is 11.4. The molecule has 152 valence electrons. The summed E-state index contributed by atoms with van der Waals surface area (Å²) in [5, 5.41) is 0.580. The molecule has 0 aliphatic carbocycles. The second kappa shape index (κ2) is 8.43. The molecule has 0 aliphatic heterocycles. The minimum absolute atomic E-state index is 0.0211. The highest BCUT2D eigenvalue weighted by molar-refractivity contribution is 7.92. The summed E-state index contributed by atoms with van der Waals surface area (Å²) in [5.74, 6) is -0.0211. The van der Waals surface area contributed by atoms with E-state index >= 15 is 0 Å². The first kappa shape index (κ1) is 21.1. The number of aromatic nitrogens is 1. The second-order valence-corrected chi connectivity index (χ2v) is 8.77. The fourth-order valence-corrected chi connectivity index (χ4v) is 4.66. The van der Waals surface area contributed by atoms with E-state index in [1.165, 1.54) is 16.8 Å². The van der Waals surface area contributed by atoms with Gasteiger partial charge in [0.25, 0.3) is 10.0 Å². The van der Waals surface area contributed by atoms with Gasteiger partial charge in [0.05, 0.1) is 10.6 Å². The van der Waals surface area contributed by atoms with Crippen LogP contribution in [0.25, 0.3) is 11.3 Å². The van der Waals surface area contributed by atoms with Crippen LogP contribution in [0.2, 0.25) is 5.02 Å². The van der Waals surface area contributed by atoms with Crippen LogP contribution in [0.1, 0.15) is 41.9 Å². The number of benzene rings is 2. The number of Topliss-reactive ketones (excluding diaryl/α,β-unsaturated/α-hetero) is 1. The third-order valence-corrected chi connectivity index (χ3v) is 6.41. The number of hydrogen-bond donors (Lipinski definition) is 1. The van der Waals surface area contributed by atoms with E-state index in [4.69, 9.17) is 11.6 Å². The minimum Gasteiger partial charge on any atom is -0.294 e. The average molecular weight is 431 g/mol. The largest absolute Gasteiger partial charge is 0.294 e. The first-order valence-electron chi connectivity index (χ1n) is 9.41. The predicted molar refractivity (Wildman–Crippen MR) is 117 cm³/mol. The molecule has 0 unspecified atom stereocenters. The molecule has 0 spiro atoms. The van der Waals surface area contributed by atoms with Gasteiger partial charge in [0.15, 0.2) is 5.78 Å². The lowest BCUT2D eigenvalue weighted by Gasteiger charge is -2.16. The third-order valence-electron chi connectivity index (χ3n) is 4.84. The second-order valence-electron chi connectivity index (χ2n) is 6.67. The van der Waals surface area contributed by atoms with E-state index in [1.807, 2.05) is 19.1 Å². The van der Waals surface area contributed by atoms with Gasteiger partial charge in [0.1, 0.15) is 0 Å². The monoisotopic (exact) mass is 430 g/mol. The maximum Gasteiger partial charge on any atom is 0.275 e. The van der Waals surface area contributed by atoms with E-state index in [1.54, 1.807) is 44.2 Å². The number of carbonyl (C=O) groups is 1. The zero-order valence-electron chi connectivity index (χ0n) is 16.6. The lowest BCUT2D eigenvalue weighted by atomic mass is 9.98. The Bertz CT molecular complexity index is 1140. The Kier molecular flexibility index (Phi) is 6.15. The van der Waals surface area contributed by atoms with Crippen LogP contribution in [0.3, 0.4) is 0 Å². The SMILES string of the molecule is CCC(=O)c1c(CC)c(-c2ccc(Cl)cc2)n(NS(=O)(=O)c2ccccc2)c1C. The van der Waals surface area contributed by atoms with Gasteiger partial charge in [0, 0.05) is 28.3 Å². The number of nitrogens with zero attached hydrogens (tertiary/aromatic N) is 1. The summed E-state index contributed by atoms with van der Waals surface area (Å²) >= 11 is 6.04.